The van der Waals surface area contributed by atoms with E-state index in [2.05, 4.69) is 62.8 Å². The largest absolute Gasteiger partial charge is 0.371 e. The summed E-state index contributed by atoms with van der Waals surface area (Å²) in [5.41, 5.74) is 17.9. The van der Waals surface area contributed by atoms with Crippen LogP contribution in [0.4, 0.5) is 11.6 Å². The Labute approximate surface area is 239 Å². The van der Waals surface area contributed by atoms with Crippen molar-refractivity contribution in [3.63, 3.8) is 0 Å². The van der Waals surface area contributed by atoms with E-state index >= 15 is 0 Å². The van der Waals surface area contributed by atoms with Crippen LogP contribution < -0.4 is 16.4 Å². The number of carbonyl (C=O) groups is 1. The number of amides is 1. The number of nitrogen functional groups attached to an aromatic ring is 1. The Hall–Kier alpha value is -4.32. The van der Waals surface area contributed by atoms with Crippen molar-refractivity contribution in [3.8, 4) is 34.5 Å². The van der Waals surface area contributed by atoms with Crippen molar-refractivity contribution < 1.29 is 4.79 Å². The van der Waals surface area contributed by atoms with Crippen molar-refractivity contribution in [1.29, 1.82) is 0 Å². The monoisotopic (exact) mass is 553 g/mol. The van der Waals surface area contributed by atoms with Crippen LogP contribution in [0.5, 0.6) is 0 Å². The number of rotatable bonds is 5. The van der Waals surface area contributed by atoms with Gasteiger partial charge in [0.2, 0.25) is 5.95 Å². The highest BCUT2D eigenvalue weighted by molar-refractivity contribution is 6.31. The number of nitrogens with two attached hydrogens (primary N) is 2. The van der Waals surface area contributed by atoms with E-state index in [4.69, 9.17) is 23.1 Å². The molecule has 2 aromatic carbocycles. The Kier molecular flexibility index (Phi) is 7.78. The number of benzene rings is 2. The van der Waals surface area contributed by atoms with E-state index in [1.807, 2.05) is 25.1 Å². The molecule has 2 aromatic heterocycles. The highest BCUT2D eigenvalue weighted by Gasteiger charge is 2.21. The van der Waals surface area contributed by atoms with Crippen molar-refractivity contribution in [1.82, 2.24) is 19.9 Å². The van der Waals surface area contributed by atoms with Crippen molar-refractivity contribution >= 4 is 29.1 Å². The molecule has 1 aliphatic heterocycles. The maximum absolute atomic E-state index is 12.4. The highest BCUT2D eigenvalue weighted by Crippen LogP contribution is 2.33. The van der Waals surface area contributed by atoms with Gasteiger partial charge in [-0.15, -0.1) is 0 Å². The first-order valence-corrected chi connectivity index (χ1v) is 13.5. The topological polar surface area (TPSA) is 117 Å². The molecule has 1 aliphatic rings. The summed E-state index contributed by atoms with van der Waals surface area (Å²) in [5, 5.41) is 0.550. The number of aryl methyl sites for hydroxylation is 1. The molecule has 0 unspecified atom stereocenters. The summed E-state index contributed by atoms with van der Waals surface area (Å²) in [7, 11) is 4.30. The zero-order valence-corrected chi connectivity index (χ0v) is 23.6. The summed E-state index contributed by atoms with van der Waals surface area (Å²) < 4.78 is 0. The molecule has 5 rings (SSSR count). The number of aromatic amines is 1. The molecule has 1 fully saturated rings. The third kappa shape index (κ3) is 5.81. The van der Waals surface area contributed by atoms with Crippen LogP contribution in [0.25, 0.3) is 22.6 Å². The van der Waals surface area contributed by atoms with E-state index in [0.717, 1.165) is 42.6 Å². The number of anilines is 2. The number of halogens is 1. The molecule has 0 spiro atoms. The summed E-state index contributed by atoms with van der Waals surface area (Å²) in [6, 6.07) is 16.1. The van der Waals surface area contributed by atoms with Gasteiger partial charge in [-0.25, -0.2) is 9.97 Å². The lowest BCUT2D eigenvalue weighted by atomic mass is 10.0. The van der Waals surface area contributed by atoms with E-state index in [-0.39, 0.29) is 5.95 Å². The van der Waals surface area contributed by atoms with Crippen LogP contribution in [0.1, 0.15) is 39.9 Å². The van der Waals surface area contributed by atoms with Crippen LogP contribution in [0.3, 0.4) is 0 Å². The van der Waals surface area contributed by atoms with Gasteiger partial charge >= 0.3 is 0 Å². The summed E-state index contributed by atoms with van der Waals surface area (Å²) in [6.45, 7) is 4.02. The van der Waals surface area contributed by atoms with Crippen LogP contribution in [-0.2, 0) is 0 Å². The van der Waals surface area contributed by atoms with Crippen LogP contribution in [0, 0.1) is 18.8 Å². The van der Waals surface area contributed by atoms with Crippen LogP contribution in [0.2, 0.25) is 5.02 Å². The van der Waals surface area contributed by atoms with Crippen LogP contribution >= 0.6 is 11.6 Å². The van der Waals surface area contributed by atoms with Gasteiger partial charge in [-0.05, 0) is 81.9 Å². The van der Waals surface area contributed by atoms with E-state index in [1.165, 1.54) is 5.69 Å². The van der Waals surface area contributed by atoms with Crippen molar-refractivity contribution in [2.75, 3.05) is 37.8 Å². The van der Waals surface area contributed by atoms with Gasteiger partial charge in [0.05, 0.1) is 22.5 Å². The first-order chi connectivity index (χ1) is 19.2. The smallest absolute Gasteiger partial charge is 0.250 e. The minimum absolute atomic E-state index is 0.0960. The number of H-pyrrole nitrogens is 1. The molecule has 0 radical (unpaired) electrons. The van der Waals surface area contributed by atoms with Gasteiger partial charge in [-0.1, -0.05) is 29.5 Å². The van der Waals surface area contributed by atoms with Gasteiger partial charge in [-0.3, -0.25) is 4.79 Å². The summed E-state index contributed by atoms with van der Waals surface area (Å²) >= 11 is 6.25. The number of aromatic nitrogens is 3. The third-order valence-electron chi connectivity index (χ3n) is 7.38. The maximum Gasteiger partial charge on any atom is 0.250 e. The number of nitrogens with zero attached hydrogens (tertiary/aromatic N) is 4. The quantitative estimate of drug-likeness (QED) is 0.308. The first-order valence-electron chi connectivity index (χ1n) is 13.2. The molecule has 204 valence electrons. The molecule has 0 aliphatic carbocycles. The molecular formula is C31H32ClN7O. The number of primary amides is 1. The fourth-order valence-corrected chi connectivity index (χ4v) is 5.25. The van der Waals surface area contributed by atoms with Gasteiger partial charge in [0.15, 0.2) is 0 Å². The van der Waals surface area contributed by atoms with E-state index in [9.17, 15) is 4.79 Å². The Morgan fingerprint density at radius 1 is 1.10 bits per heavy atom. The van der Waals surface area contributed by atoms with Crippen molar-refractivity contribution in [3.05, 3.63) is 82.0 Å². The lowest BCUT2D eigenvalue weighted by molar-refractivity contribution is 0.100. The standard InChI is InChI=1S/C31H32ClN7O/c1-19-4-9-22(32)16-25(19)29-26(30(33)40)17-27(36-29)28-21(18-35-31(34)37-28)8-5-20-6-10-24(11-7-20)39-14-12-23(13-15-39)38(2)3/h4,6-7,9-11,16-18,23,36H,12-15H2,1-3H3,(H2,33,40)(H2,34,35,37). The summed E-state index contributed by atoms with van der Waals surface area (Å²) in [5.74, 6) is 5.92. The molecule has 8 nitrogen and oxygen atoms in total. The van der Waals surface area contributed by atoms with E-state index < -0.39 is 5.91 Å². The Morgan fingerprint density at radius 3 is 2.50 bits per heavy atom. The van der Waals surface area contributed by atoms with Gasteiger partial charge in [0.25, 0.3) is 5.91 Å². The first kappa shape index (κ1) is 27.3. The molecule has 1 amide bonds. The zero-order valence-electron chi connectivity index (χ0n) is 22.8. The second-order valence-electron chi connectivity index (χ2n) is 10.3. The Bertz CT molecular complexity index is 1610. The van der Waals surface area contributed by atoms with Gasteiger partial charge in [0, 0.05) is 47.2 Å². The number of piperidine rings is 1. The Balaban J connectivity index is 1.44. The second-order valence-corrected chi connectivity index (χ2v) is 10.7. The van der Waals surface area contributed by atoms with Crippen LogP contribution in [0.15, 0.2) is 54.7 Å². The predicted molar refractivity (Wildman–Crippen MR) is 161 cm³/mol. The molecule has 0 bridgehead atoms. The maximum atomic E-state index is 12.4. The lowest BCUT2D eigenvalue weighted by Crippen LogP contribution is -2.41. The molecule has 0 atom stereocenters. The summed E-state index contributed by atoms with van der Waals surface area (Å²) in [4.78, 5) is 29.0. The number of hydrogen-bond donors (Lipinski definition) is 3. The van der Waals surface area contributed by atoms with Gasteiger partial charge < -0.3 is 26.3 Å². The molecule has 40 heavy (non-hydrogen) atoms. The van der Waals surface area contributed by atoms with Gasteiger partial charge in [-0.2, -0.15) is 0 Å². The third-order valence-corrected chi connectivity index (χ3v) is 7.62. The average Bonchev–Trinajstić information content (AvgIpc) is 3.40. The average molecular weight is 554 g/mol. The fourth-order valence-electron chi connectivity index (χ4n) is 5.08. The molecule has 9 heteroatoms. The SMILES string of the molecule is Cc1ccc(Cl)cc1-c1[nH]c(-c2nc(N)ncc2C#Cc2ccc(N3CCC(N(C)C)CC3)cc2)cc1C(N)=O. The Morgan fingerprint density at radius 2 is 1.82 bits per heavy atom. The van der Waals surface area contributed by atoms with E-state index in [0.29, 0.717) is 39.3 Å². The molecule has 3 heterocycles. The minimum Gasteiger partial charge on any atom is -0.371 e. The molecule has 1 saturated heterocycles. The molecule has 5 N–H and O–H groups in total. The van der Waals surface area contributed by atoms with Gasteiger partial charge in [0.1, 0.15) is 5.69 Å². The lowest BCUT2D eigenvalue weighted by Gasteiger charge is -2.36. The van der Waals surface area contributed by atoms with Crippen LogP contribution in [-0.4, -0.2) is 59.0 Å². The minimum atomic E-state index is -0.572. The second kappa shape index (κ2) is 11.4. The number of hydrogen-bond acceptors (Lipinski definition) is 6. The van der Waals surface area contributed by atoms with Crippen molar-refractivity contribution in [2.45, 2.75) is 25.8 Å². The normalized spacial score (nSPS) is 13.8. The molecule has 0 saturated carbocycles. The number of carbonyl (C=O) groups excluding carboxylic acids is 1. The summed E-state index contributed by atoms with van der Waals surface area (Å²) in [6.07, 6.45) is 3.90. The highest BCUT2D eigenvalue weighted by atomic mass is 35.5. The zero-order chi connectivity index (χ0) is 28.4. The number of nitrogens with one attached hydrogen (secondary N) is 1. The molecular weight excluding hydrogens is 522 g/mol. The predicted octanol–water partition coefficient (Wildman–Crippen LogP) is 4.71. The van der Waals surface area contributed by atoms with Crippen molar-refractivity contribution in [2.24, 2.45) is 5.73 Å². The fraction of sp³-hybridized carbons (Fsp3) is 0.258. The van der Waals surface area contributed by atoms with E-state index in [1.54, 1.807) is 24.4 Å². The molecule has 4 aromatic rings.